The van der Waals surface area contributed by atoms with Crippen LogP contribution in [0.4, 0.5) is 8.78 Å². The van der Waals surface area contributed by atoms with Gasteiger partial charge in [-0.3, -0.25) is 9.36 Å². The van der Waals surface area contributed by atoms with Crippen LogP contribution in [-0.4, -0.2) is 32.5 Å². The molecule has 0 unspecified atom stereocenters. The zero-order chi connectivity index (χ0) is 20.9. The molecule has 1 aliphatic rings. The summed E-state index contributed by atoms with van der Waals surface area (Å²) in [5.41, 5.74) is 0.877. The van der Waals surface area contributed by atoms with E-state index in [9.17, 15) is 13.6 Å². The van der Waals surface area contributed by atoms with Crippen molar-refractivity contribution in [2.75, 3.05) is 5.75 Å². The molecule has 0 saturated heterocycles. The van der Waals surface area contributed by atoms with Crippen LogP contribution in [-0.2, 0) is 4.79 Å². The third kappa shape index (κ3) is 4.70. The minimum atomic E-state index is -0.722. The van der Waals surface area contributed by atoms with E-state index < -0.39 is 11.6 Å². The van der Waals surface area contributed by atoms with Crippen molar-refractivity contribution in [3.63, 3.8) is 0 Å². The van der Waals surface area contributed by atoms with Crippen molar-refractivity contribution in [3.8, 4) is 17.1 Å². The summed E-state index contributed by atoms with van der Waals surface area (Å²) in [6.45, 7) is 0. The lowest BCUT2D eigenvalue weighted by Gasteiger charge is -2.22. The zero-order valence-electron chi connectivity index (χ0n) is 16.4. The summed E-state index contributed by atoms with van der Waals surface area (Å²) in [5.74, 6) is -0.891. The maximum atomic E-state index is 14.6. The van der Waals surface area contributed by atoms with Crippen molar-refractivity contribution in [1.82, 2.24) is 20.1 Å². The summed E-state index contributed by atoms with van der Waals surface area (Å²) in [6.07, 6.45) is 5.50. The highest BCUT2D eigenvalue weighted by Gasteiger charge is 2.21. The Morgan fingerprint density at radius 3 is 2.57 bits per heavy atom. The fourth-order valence-electron chi connectivity index (χ4n) is 3.66. The van der Waals surface area contributed by atoms with Gasteiger partial charge in [0.15, 0.2) is 11.0 Å². The van der Waals surface area contributed by atoms with Crippen LogP contribution in [0.2, 0.25) is 0 Å². The fourth-order valence-corrected chi connectivity index (χ4v) is 4.42. The summed E-state index contributed by atoms with van der Waals surface area (Å²) < 4.78 is 29.6. The number of carbonyl (C=O) groups is 1. The first-order valence-corrected chi connectivity index (χ1v) is 11.0. The standard InChI is InChI=1S/C22H22F2N4OS/c23-16-11-12-19(18(24)13-16)28-21(15-7-3-1-4-8-15)26-27-22(28)30-14-20(29)25-17-9-5-2-6-10-17/h1,3-4,7-8,11-13,17H,2,5-6,9-10,14H2,(H,25,29). The average molecular weight is 429 g/mol. The van der Waals surface area contributed by atoms with Crippen LogP contribution < -0.4 is 5.32 Å². The largest absolute Gasteiger partial charge is 0.353 e. The molecule has 1 amide bonds. The Morgan fingerprint density at radius 1 is 1.07 bits per heavy atom. The van der Waals surface area contributed by atoms with E-state index in [4.69, 9.17) is 0 Å². The second-order valence-electron chi connectivity index (χ2n) is 7.29. The molecule has 0 atom stereocenters. The number of hydrogen-bond donors (Lipinski definition) is 1. The highest BCUT2D eigenvalue weighted by Crippen LogP contribution is 2.29. The number of halogens is 2. The van der Waals surface area contributed by atoms with Crippen LogP contribution in [0.3, 0.4) is 0 Å². The Kier molecular flexibility index (Phi) is 6.42. The van der Waals surface area contributed by atoms with E-state index in [1.165, 1.54) is 34.9 Å². The number of carbonyl (C=O) groups excluding carboxylic acids is 1. The molecule has 0 spiro atoms. The molecule has 3 aromatic rings. The minimum Gasteiger partial charge on any atom is -0.353 e. The van der Waals surface area contributed by atoms with Gasteiger partial charge in [-0.05, 0) is 25.0 Å². The summed E-state index contributed by atoms with van der Waals surface area (Å²) >= 11 is 1.18. The molecule has 0 radical (unpaired) electrons. The molecule has 5 nitrogen and oxygen atoms in total. The lowest BCUT2D eigenvalue weighted by molar-refractivity contribution is -0.119. The molecular weight excluding hydrogens is 406 g/mol. The first kappa shape index (κ1) is 20.5. The number of rotatable bonds is 6. The van der Waals surface area contributed by atoms with Gasteiger partial charge in [0.25, 0.3) is 0 Å². The molecule has 1 heterocycles. The van der Waals surface area contributed by atoms with Crippen LogP contribution in [0.5, 0.6) is 0 Å². The molecular formula is C22H22F2N4OS. The van der Waals surface area contributed by atoms with Crippen molar-refractivity contribution in [2.45, 2.75) is 43.3 Å². The first-order chi connectivity index (χ1) is 14.6. The number of nitrogens with one attached hydrogen (secondary N) is 1. The molecule has 1 fully saturated rings. The Hall–Kier alpha value is -2.74. The maximum absolute atomic E-state index is 14.6. The molecule has 156 valence electrons. The number of thioether (sulfide) groups is 1. The fraction of sp³-hybridized carbons (Fsp3) is 0.318. The van der Waals surface area contributed by atoms with E-state index in [0.717, 1.165) is 37.3 Å². The summed E-state index contributed by atoms with van der Waals surface area (Å²) in [4.78, 5) is 12.4. The van der Waals surface area contributed by atoms with Gasteiger partial charge in [0, 0.05) is 17.7 Å². The van der Waals surface area contributed by atoms with Gasteiger partial charge in [-0.25, -0.2) is 8.78 Å². The van der Waals surface area contributed by atoms with Gasteiger partial charge < -0.3 is 5.32 Å². The molecule has 1 saturated carbocycles. The molecule has 1 aromatic heterocycles. The van der Waals surface area contributed by atoms with Crippen LogP contribution in [0, 0.1) is 11.6 Å². The van der Waals surface area contributed by atoms with Gasteiger partial charge in [-0.2, -0.15) is 0 Å². The molecule has 2 aromatic carbocycles. The zero-order valence-corrected chi connectivity index (χ0v) is 17.2. The van der Waals surface area contributed by atoms with Gasteiger partial charge in [-0.15, -0.1) is 10.2 Å². The summed E-state index contributed by atoms with van der Waals surface area (Å²) in [5, 5.41) is 11.8. The van der Waals surface area contributed by atoms with E-state index in [2.05, 4.69) is 15.5 Å². The van der Waals surface area contributed by atoms with Gasteiger partial charge >= 0.3 is 0 Å². The Morgan fingerprint density at radius 2 is 1.83 bits per heavy atom. The van der Waals surface area contributed by atoms with Crippen LogP contribution in [0.1, 0.15) is 32.1 Å². The van der Waals surface area contributed by atoms with Gasteiger partial charge in [0.1, 0.15) is 11.6 Å². The second kappa shape index (κ2) is 9.38. The number of amides is 1. The normalized spacial score (nSPS) is 14.6. The van der Waals surface area contributed by atoms with E-state index in [1.54, 1.807) is 0 Å². The number of benzene rings is 2. The number of nitrogens with zero attached hydrogens (tertiary/aromatic N) is 3. The van der Waals surface area contributed by atoms with Crippen molar-refractivity contribution < 1.29 is 13.6 Å². The molecule has 0 bridgehead atoms. The molecule has 30 heavy (non-hydrogen) atoms. The van der Waals surface area contributed by atoms with E-state index in [-0.39, 0.29) is 23.4 Å². The van der Waals surface area contributed by atoms with E-state index in [0.29, 0.717) is 11.0 Å². The first-order valence-electron chi connectivity index (χ1n) is 10.0. The van der Waals surface area contributed by atoms with Gasteiger partial charge in [-0.1, -0.05) is 61.4 Å². The molecule has 1 N–H and O–H groups in total. The van der Waals surface area contributed by atoms with Crippen LogP contribution in [0.15, 0.2) is 53.7 Å². The number of hydrogen-bond acceptors (Lipinski definition) is 4. The van der Waals surface area contributed by atoms with Crippen molar-refractivity contribution in [1.29, 1.82) is 0 Å². The van der Waals surface area contributed by atoms with Gasteiger partial charge in [0.05, 0.1) is 11.4 Å². The highest BCUT2D eigenvalue weighted by atomic mass is 32.2. The van der Waals surface area contributed by atoms with E-state index in [1.807, 2.05) is 30.3 Å². The lowest BCUT2D eigenvalue weighted by atomic mass is 9.95. The van der Waals surface area contributed by atoms with E-state index >= 15 is 0 Å². The van der Waals surface area contributed by atoms with Crippen molar-refractivity contribution in [3.05, 3.63) is 60.2 Å². The summed E-state index contributed by atoms with van der Waals surface area (Å²) in [6, 6.07) is 12.8. The Balaban J connectivity index is 1.59. The highest BCUT2D eigenvalue weighted by molar-refractivity contribution is 7.99. The third-order valence-corrected chi connectivity index (χ3v) is 6.05. The molecule has 0 aliphatic heterocycles. The predicted molar refractivity (Wildman–Crippen MR) is 112 cm³/mol. The minimum absolute atomic E-state index is 0.0812. The van der Waals surface area contributed by atoms with Crippen molar-refractivity contribution in [2.24, 2.45) is 0 Å². The molecule has 1 aliphatic carbocycles. The SMILES string of the molecule is O=C(CSc1nnc(-c2ccccc2)n1-c1ccc(F)cc1F)NC1CCCCC1. The Bertz CT molecular complexity index is 1020. The van der Waals surface area contributed by atoms with Crippen LogP contribution >= 0.6 is 11.8 Å². The summed E-state index contributed by atoms with van der Waals surface area (Å²) in [7, 11) is 0. The third-order valence-electron chi connectivity index (χ3n) is 5.12. The monoisotopic (exact) mass is 428 g/mol. The smallest absolute Gasteiger partial charge is 0.230 e. The molecule has 4 rings (SSSR count). The van der Waals surface area contributed by atoms with Crippen molar-refractivity contribution >= 4 is 17.7 Å². The maximum Gasteiger partial charge on any atom is 0.230 e. The Labute approximate surface area is 177 Å². The van der Waals surface area contributed by atoms with Crippen LogP contribution in [0.25, 0.3) is 17.1 Å². The predicted octanol–water partition coefficient (Wildman–Crippen LogP) is 4.75. The molecule has 8 heteroatoms. The topological polar surface area (TPSA) is 59.8 Å². The second-order valence-corrected chi connectivity index (χ2v) is 8.24. The lowest BCUT2D eigenvalue weighted by Crippen LogP contribution is -2.37. The number of aromatic nitrogens is 3. The van der Waals surface area contributed by atoms with Gasteiger partial charge in [0.2, 0.25) is 5.91 Å². The average Bonchev–Trinajstić information content (AvgIpc) is 3.17. The quantitative estimate of drug-likeness (QED) is 0.576.